The number of benzene rings is 1. The van der Waals surface area contributed by atoms with Crippen LogP contribution in [0.3, 0.4) is 0 Å². The average Bonchev–Trinajstić information content (AvgIpc) is 3.08. The lowest BCUT2D eigenvalue weighted by atomic mass is 9.97. The van der Waals surface area contributed by atoms with E-state index < -0.39 is 0 Å². The Kier molecular flexibility index (Phi) is 3.48. The smallest absolute Gasteiger partial charge is 0.134 e. The normalized spacial score (nSPS) is 26.3. The fourth-order valence-corrected chi connectivity index (χ4v) is 4.10. The minimum Gasteiger partial charge on any atom is -0.461 e. The maximum absolute atomic E-state index is 5.86. The van der Waals surface area contributed by atoms with Crippen molar-refractivity contribution in [2.45, 2.75) is 51.2 Å². The first-order valence-electron chi connectivity index (χ1n) is 8.26. The van der Waals surface area contributed by atoms with Gasteiger partial charge in [0.05, 0.1) is 0 Å². The summed E-state index contributed by atoms with van der Waals surface area (Å²) in [6.45, 7) is 5.60. The molecule has 0 spiro atoms. The van der Waals surface area contributed by atoms with Gasteiger partial charge in [0, 0.05) is 29.6 Å². The Morgan fingerprint density at radius 1 is 1.24 bits per heavy atom. The van der Waals surface area contributed by atoms with Crippen LogP contribution in [0.4, 0.5) is 0 Å². The number of hydrogen-bond donors (Lipinski definition) is 1. The van der Waals surface area contributed by atoms with Crippen LogP contribution in [0.5, 0.6) is 0 Å². The van der Waals surface area contributed by atoms with Gasteiger partial charge in [0.1, 0.15) is 11.3 Å². The summed E-state index contributed by atoms with van der Waals surface area (Å²) >= 11 is 0. The van der Waals surface area contributed by atoms with Crippen molar-refractivity contribution in [3.8, 4) is 0 Å². The van der Waals surface area contributed by atoms with Crippen molar-refractivity contribution in [2.24, 2.45) is 0 Å². The maximum atomic E-state index is 5.86. The molecule has 2 aromatic rings. The zero-order chi connectivity index (χ0) is 14.2. The molecule has 21 heavy (non-hydrogen) atoms. The summed E-state index contributed by atoms with van der Waals surface area (Å²) in [5.74, 6) is 1.06. The third-order valence-corrected chi connectivity index (χ3v) is 5.29. The number of rotatable bonds is 3. The molecule has 2 aliphatic rings. The van der Waals surface area contributed by atoms with Gasteiger partial charge in [0.2, 0.25) is 0 Å². The van der Waals surface area contributed by atoms with E-state index in [1.807, 2.05) is 6.07 Å². The number of piperidine rings is 1. The van der Waals surface area contributed by atoms with Crippen LogP contribution in [0, 0.1) is 6.92 Å². The van der Waals surface area contributed by atoms with Crippen molar-refractivity contribution in [3.05, 3.63) is 35.6 Å². The predicted octanol–water partition coefficient (Wildman–Crippen LogP) is 3.46. The van der Waals surface area contributed by atoms with Crippen LogP contribution in [0.25, 0.3) is 11.0 Å². The van der Waals surface area contributed by atoms with Gasteiger partial charge in [0.15, 0.2) is 0 Å². The number of hydrogen-bond acceptors (Lipinski definition) is 3. The predicted molar refractivity (Wildman–Crippen MR) is 85.4 cm³/mol. The highest BCUT2D eigenvalue weighted by Crippen LogP contribution is 2.28. The summed E-state index contributed by atoms with van der Waals surface area (Å²) in [7, 11) is 0. The van der Waals surface area contributed by atoms with E-state index in [2.05, 4.69) is 35.3 Å². The third-order valence-electron chi connectivity index (χ3n) is 5.29. The number of aryl methyl sites for hydroxylation is 1. The van der Waals surface area contributed by atoms with Gasteiger partial charge in [-0.3, -0.25) is 0 Å². The highest BCUT2D eigenvalue weighted by Gasteiger charge is 2.31. The lowest BCUT2D eigenvalue weighted by Crippen LogP contribution is -2.45. The van der Waals surface area contributed by atoms with Crippen molar-refractivity contribution in [3.63, 3.8) is 0 Å². The van der Waals surface area contributed by atoms with Gasteiger partial charge in [-0.25, -0.2) is 0 Å². The van der Waals surface area contributed by atoms with Crippen molar-refractivity contribution in [2.75, 3.05) is 13.1 Å². The molecule has 0 radical (unpaired) electrons. The van der Waals surface area contributed by atoms with Gasteiger partial charge in [0.25, 0.3) is 0 Å². The molecule has 1 N–H and O–H groups in total. The average molecular weight is 284 g/mol. The van der Waals surface area contributed by atoms with Crippen molar-refractivity contribution in [1.82, 2.24) is 10.2 Å². The Bertz CT molecular complexity index is 633. The van der Waals surface area contributed by atoms with E-state index in [0.717, 1.165) is 23.9 Å². The Labute approximate surface area is 126 Å². The standard InChI is InChI=1S/C18H24N2O/c1-13-17(16-6-2-3-7-18(16)21-13)12-19-14-8-10-20-9-4-5-15(20)11-14/h2-3,6-7,14-15,19H,4-5,8-12H2,1H3. The number of fused-ring (bicyclic) bond motifs is 2. The molecule has 0 amide bonds. The maximum Gasteiger partial charge on any atom is 0.134 e. The van der Waals surface area contributed by atoms with Crippen molar-refractivity contribution < 1.29 is 4.42 Å². The van der Waals surface area contributed by atoms with E-state index in [1.54, 1.807) is 0 Å². The summed E-state index contributed by atoms with van der Waals surface area (Å²) in [4.78, 5) is 2.68. The molecular formula is C18H24N2O. The summed E-state index contributed by atoms with van der Waals surface area (Å²) < 4.78 is 5.86. The fourth-order valence-electron chi connectivity index (χ4n) is 4.10. The summed E-state index contributed by atoms with van der Waals surface area (Å²) in [6.07, 6.45) is 5.38. The lowest BCUT2D eigenvalue weighted by molar-refractivity contribution is 0.166. The monoisotopic (exact) mass is 284 g/mol. The number of para-hydroxylation sites is 1. The molecule has 1 aromatic carbocycles. The molecule has 112 valence electrons. The second kappa shape index (κ2) is 5.47. The first-order chi connectivity index (χ1) is 10.3. The quantitative estimate of drug-likeness (QED) is 0.935. The van der Waals surface area contributed by atoms with Crippen LogP contribution >= 0.6 is 0 Å². The molecule has 4 rings (SSSR count). The molecule has 2 aliphatic heterocycles. The second-order valence-electron chi connectivity index (χ2n) is 6.57. The van der Waals surface area contributed by atoms with Gasteiger partial charge in [-0.2, -0.15) is 0 Å². The molecule has 1 aromatic heterocycles. The molecule has 2 atom stereocenters. The van der Waals surface area contributed by atoms with E-state index in [9.17, 15) is 0 Å². The Balaban J connectivity index is 1.45. The minimum atomic E-state index is 0.664. The van der Waals surface area contributed by atoms with Gasteiger partial charge in [-0.1, -0.05) is 18.2 Å². The van der Waals surface area contributed by atoms with Crippen LogP contribution in [0.15, 0.2) is 28.7 Å². The zero-order valence-electron chi connectivity index (χ0n) is 12.8. The summed E-state index contributed by atoms with van der Waals surface area (Å²) in [5.41, 5.74) is 2.34. The van der Waals surface area contributed by atoms with Crippen LogP contribution in [-0.4, -0.2) is 30.1 Å². The molecule has 3 nitrogen and oxygen atoms in total. The van der Waals surface area contributed by atoms with Crippen molar-refractivity contribution >= 4 is 11.0 Å². The first kappa shape index (κ1) is 13.4. The Morgan fingerprint density at radius 2 is 2.14 bits per heavy atom. The first-order valence-corrected chi connectivity index (χ1v) is 8.26. The Morgan fingerprint density at radius 3 is 3.10 bits per heavy atom. The van der Waals surface area contributed by atoms with Crippen LogP contribution < -0.4 is 5.32 Å². The van der Waals surface area contributed by atoms with E-state index in [4.69, 9.17) is 4.42 Å². The number of furan rings is 1. The molecular weight excluding hydrogens is 260 g/mol. The van der Waals surface area contributed by atoms with Crippen LogP contribution in [-0.2, 0) is 6.54 Å². The third kappa shape index (κ3) is 2.49. The molecule has 0 aliphatic carbocycles. The zero-order valence-corrected chi connectivity index (χ0v) is 12.8. The highest BCUT2D eigenvalue weighted by molar-refractivity contribution is 5.82. The molecule has 3 heterocycles. The van der Waals surface area contributed by atoms with E-state index >= 15 is 0 Å². The lowest BCUT2D eigenvalue weighted by Gasteiger charge is -2.35. The van der Waals surface area contributed by atoms with E-state index in [-0.39, 0.29) is 0 Å². The van der Waals surface area contributed by atoms with Gasteiger partial charge >= 0.3 is 0 Å². The SMILES string of the molecule is Cc1oc2ccccc2c1CNC1CCN2CCCC2C1. The van der Waals surface area contributed by atoms with Crippen LogP contribution in [0.2, 0.25) is 0 Å². The fraction of sp³-hybridized carbons (Fsp3) is 0.556. The summed E-state index contributed by atoms with van der Waals surface area (Å²) in [5, 5.41) is 5.05. The molecule has 0 bridgehead atoms. The Hall–Kier alpha value is -1.32. The molecule has 2 fully saturated rings. The second-order valence-corrected chi connectivity index (χ2v) is 6.57. The topological polar surface area (TPSA) is 28.4 Å². The van der Waals surface area contributed by atoms with Gasteiger partial charge in [-0.15, -0.1) is 0 Å². The number of nitrogens with one attached hydrogen (secondary N) is 1. The largest absolute Gasteiger partial charge is 0.461 e. The van der Waals surface area contributed by atoms with Crippen LogP contribution in [0.1, 0.15) is 37.0 Å². The molecule has 0 saturated carbocycles. The van der Waals surface area contributed by atoms with Crippen molar-refractivity contribution in [1.29, 1.82) is 0 Å². The molecule has 2 saturated heterocycles. The number of nitrogens with zero attached hydrogens (tertiary/aromatic N) is 1. The van der Waals surface area contributed by atoms with E-state index in [0.29, 0.717) is 6.04 Å². The molecule has 2 unspecified atom stereocenters. The van der Waals surface area contributed by atoms with Gasteiger partial charge in [-0.05, 0) is 51.8 Å². The van der Waals surface area contributed by atoms with Gasteiger partial charge < -0.3 is 14.6 Å². The van der Waals surface area contributed by atoms with E-state index in [1.165, 1.54) is 49.7 Å². The highest BCUT2D eigenvalue weighted by atomic mass is 16.3. The minimum absolute atomic E-state index is 0.664. The molecule has 3 heteroatoms. The summed E-state index contributed by atoms with van der Waals surface area (Å²) in [6, 6.07) is 9.86.